The van der Waals surface area contributed by atoms with E-state index in [0.717, 1.165) is 18.7 Å². The molecule has 0 aromatic heterocycles. The molecule has 1 fully saturated rings. The van der Waals surface area contributed by atoms with Gasteiger partial charge in [-0.25, -0.2) is 0 Å². The smallest absolute Gasteiger partial charge is 0.234 e. The SMILES string of the molecule is C[C@@H]1CN(CC(=O)NCCc2ccc(Cl)cc2Cl)CCO1. The summed E-state index contributed by atoms with van der Waals surface area (Å²) in [4.78, 5) is 14.0. The number of amides is 1. The molecule has 1 aromatic carbocycles. The highest BCUT2D eigenvalue weighted by atomic mass is 35.5. The average Bonchev–Trinajstić information content (AvgIpc) is 2.41. The molecule has 0 radical (unpaired) electrons. The second-order valence-corrected chi connectivity index (χ2v) is 6.10. The van der Waals surface area contributed by atoms with E-state index in [2.05, 4.69) is 10.2 Å². The number of benzene rings is 1. The molecule has 1 atom stereocenters. The van der Waals surface area contributed by atoms with E-state index < -0.39 is 0 Å². The Morgan fingerprint density at radius 3 is 3.00 bits per heavy atom. The summed E-state index contributed by atoms with van der Waals surface area (Å²) in [6.07, 6.45) is 0.890. The Morgan fingerprint density at radius 1 is 1.48 bits per heavy atom. The van der Waals surface area contributed by atoms with Crippen molar-refractivity contribution in [3.63, 3.8) is 0 Å². The van der Waals surface area contributed by atoms with Crippen LogP contribution in [-0.4, -0.2) is 49.7 Å². The third kappa shape index (κ3) is 5.47. The van der Waals surface area contributed by atoms with E-state index in [1.165, 1.54) is 0 Å². The first-order valence-corrected chi connectivity index (χ1v) is 7.85. The molecule has 0 aliphatic carbocycles. The number of hydrogen-bond acceptors (Lipinski definition) is 3. The maximum atomic E-state index is 11.9. The lowest BCUT2D eigenvalue weighted by Crippen LogP contribution is -2.46. The Morgan fingerprint density at radius 2 is 2.29 bits per heavy atom. The monoisotopic (exact) mass is 330 g/mol. The first-order chi connectivity index (χ1) is 10.0. The van der Waals surface area contributed by atoms with Gasteiger partial charge in [-0.2, -0.15) is 0 Å². The Hall–Kier alpha value is -0.810. The number of morpholine rings is 1. The summed E-state index contributed by atoms with van der Waals surface area (Å²) < 4.78 is 5.45. The molecule has 0 spiro atoms. The number of nitrogens with one attached hydrogen (secondary N) is 1. The average molecular weight is 331 g/mol. The number of carbonyl (C=O) groups is 1. The van der Waals surface area contributed by atoms with Gasteiger partial charge in [-0.3, -0.25) is 9.69 Å². The fourth-order valence-electron chi connectivity index (χ4n) is 2.35. The van der Waals surface area contributed by atoms with Crippen LogP contribution < -0.4 is 5.32 Å². The number of nitrogens with zero attached hydrogens (tertiary/aromatic N) is 1. The van der Waals surface area contributed by atoms with Gasteiger partial charge in [0.1, 0.15) is 0 Å². The van der Waals surface area contributed by atoms with Crippen molar-refractivity contribution in [3.05, 3.63) is 33.8 Å². The van der Waals surface area contributed by atoms with Crippen LogP contribution in [-0.2, 0) is 16.0 Å². The first kappa shape index (κ1) is 16.6. The van der Waals surface area contributed by atoms with E-state index in [9.17, 15) is 4.79 Å². The van der Waals surface area contributed by atoms with Gasteiger partial charge in [-0.1, -0.05) is 29.3 Å². The molecule has 0 saturated carbocycles. The highest BCUT2D eigenvalue weighted by Gasteiger charge is 2.18. The van der Waals surface area contributed by atoms with Gasteiger partial charge in [0.05, 0.1) is 19.3 Å². The molecule has 4 nitrogen and oxygen atoms in total. The van der Waals surface area contributed by atoms with Gasteiger partial charge in [0.2, 0.25) is 5.91 Å². The van der Waals surface area contributed by atoms with Crippen molar-refractivity contribution >= 4 is 29.1 Å². The maximum Gasteiger partial charge on any atom is 0.234 e. The quantitative estimate of drug-likeness (QED) is 0.901. The van der Waals surface area contributed by atoms with Crippen molar-refractivity contribution in [2.45, 2.75) is 19.4 Å². The summed E-state index contributed by atoms with van der Waals surface area (Å²) in [7, 11) is 0. The van der Waals surface area contributed by atoms with E-state index in [-0.39, 0.29) is 12.0 Å². The minimum absolute atomic E-state index is 0.0363. The van der Waals surface area contributed by atoms with E-state index in [0.29, 0.717) is 36.2 Å². The second kappa shape index (κ2) is 7.99. The predicted molar refractivity (Wildman–Crippen MR) is 85.0 cm³/mol. The first-order valence-electron chi connectivity index (χ1n) is 7.09. The molecule has 1 aliphatic heterocycles. The predicted octanol–water partition coefficient (Wildman–Crippen LogP) is 2.37. The zero-order valence-electron chi connectivity index (χ0n) is 12.1. The van der Waals surface area contributed by atoms with Crippen molar-refractivity contribution < 1.29 is 9.53 Å². The van der Waals surface area contributed by atoms with Crippen molar-refractivity contribution in [3.8, 4) is 0 Å². The van der Waals surface area contributed by atoms with Gasteiger partial charge in [0.25, 0.3) is 0 Å². The van der Waals surface area contributed by atoms with E-state index >= 15 is 0 Å². The molecule has 1 aliphatic rings. The standard InChI is InChI=1S/C15H20Cl2N2O2/c1-11-9-19(6-7-21-11)10-15(20)18-5-4-12-2-3-13(16)8-14(12)17/h2-3,8,11H,4-7,9-10H2,1H3,(H,18,20)/t11-/m1/s1. The summed E-state index contributed by atoms with van der Waals surface area (Å²) in [6.45, 7) is 5.31. The van der Waals surface area contributed by atoms with Gasteiger partial charge in [-0.15, -0.1) is 0 Å². The van der Waals surface area contributed by atoms with Crippen LogP contribution >= 0.6 is 23.2 Å². The molecule has 1 saturated heterocycles. The number of carbonyl (C=O) groups excluding carboxylic acids is 1. The number of rotatable bonds is 5. The van der Waals surface area contributed by atoms with Crippen LogP contribution in [0.3, 0.4) is 0 Å². The molecule has 0 unspecified atom stereocenters. The molecule has 116 valence electrons. The molecule has 6 heteroatoms. The normalized spacial score (nSPS) is 19.5. The van der Waals surface area contributed by atoms with Crippen molar-refractivity contribution in [2.75, 3.05) is 32.8 Å². The summed E-state index contributed by atoms with van der Waals surface area (Å²) in [5.74, 6) is 0.0363. The molecular weight excluding hydrogens is 311 g/mol. The third-order valence-electron chi connectivity index (χ3n) is 3.42. The van der Waals surface area contributed by atoms with Crippen molar-refractivity contribution in [1.29, 1.82) is 0 Å². The molecule has 1 amide bonds. The van der Waals surface area contributed by atoms with Crippen LogP contribution in [0.2, 0.25) is 10.0 Å². The molecule has 0 bridgehead atoms. The fourth-order valence-corrected chi connectivity index (χ4v) is 2.86. The van der Waals surface area contributed by atoms with Crippen LogP contribution in [0.4, 0.5) is 0 Å². The summed E-state index contributed by atoms with van der Waals surface area (Å²) >= 11 is 11.9. The molecule has 1 N–H and O–H groups in total. The Kier molecular flexibility index (Phi) is 6.30. The zero-order chi connectivity index (χ0) is 15.2. The van der Waals surface area contributed by atoms with Crippen LogP contribution in [0.5, 0.6) is 0 Å². The van der Waals surface area contributed by atoms with Crippen LogP contribution in [0, 0.1) is 0 Å². The molecular formula is C15H20Cl2N2O2. The molecule has 21 heavy (non-hydrogen) atoms. The van der Waals surface area contributed by atoms with Gasteiger partial charge in [0.15, 0.2) is 0 Å². The zero-order valence-corrected chi connectivity index (χ0v) is 13.6. The van der Waals surface area contributed by atoms with Gasteiger partial charge in [-0.05, 0) is 31.0 Å². The van der Waals surface area contributed by atoms with Crippen molar-refractivity contribution in [1.82, 2.24) is 10.2 Å². The number of halogens is 2. The Labute approximate surface area is 135 Å². The van der Waals surface area contributed by atoms with Gasteiger partial charge >= 0.3 is 0 Å². The Bertz CT molecular complexity index is 497. The lowest BCUT2D eigenvalue weighted by Gasteiger charge is -2.30. The highest BCUT2D eigenvalue weighted by Crippen LogP contribution is 2.21. The fraction of sp³-hybridized carbons (Fsp3) is 0.533. The van der Waals surface area contributed by atoms with Crippen LogP contribution in [0.1, 0.15) is 12.5 Å². The van der Waals surface area contributed by atoms with Gasteiger partial charge in [0, 0.05) is 29.7 Å². The minimum Gasteiger partial charge on any atom is -0.376 e. The Balaban J connectivity index is 1.71. The molecule has 1 aromatic rings. The van der Waals surface area contributed by atoms with E-state index in [1.807, 2.05) is 13.0 Å². The lowest BCUT2D eigenvalue weighted by molar-refractivity contribution is -0.124. The highest BCUT2D eigenvalue weighted by molar-refractivity contribution is 6.35. The summed E-state index contributed by atoms with van der Waals surface area (Å²) in [5, 5.41) is 4.18. The summed E-state index contributed by atoms with van der Waals surface area (Å²) in [5.41, 5.74) is 0.987. The minimum atomic E-state index is 0.0363. The second-order valence-electron chi connectivity index (χ2n) is 5.25. The largest absolute Gasteiger partial charge is 0.376 e. The van der Waals surface area contributed by atoms with Crippen LogP contribution in [0.25, 0.3) is 0 Å². The lowest BCUT2D eigenvalue weighted by atomic mass is 10.1. The van der Waals surface area contributed by atoms with E-state index in [4.69, 9.17) is 27.9 Å². The summed E-state index contributed by atoms with van der Waals surface area (Å²) in [6, 6.07) is 5.41. The topological polar surface area (TPSA) is 41.6 Å². The number of ether oxygens (including phenoxy) is 1. The van der Waals surface area contributed by atoms with Crippen molar-refractivity contribution in [2.24, 2.45) is 0 Å². The number of hydrogen-bond donors (Lipinski definition) is 1. The molecule has 2 rings (SSSR count). The van der Waals surface area contributed by atoms with Gasteiger partial charge < -0.3 is 10.1 Å². The third-order valence-corrected chi connectivity index (χ3v) is 4.01. The van der Waals surface area contributed by atoms with E-state index in [1.54, 1.807) is 12.1 Å². The van der Waals surface area contributed by atoms with Crippen LogP contribution in [0.15, 0.2) is 18.2 Å². The molecule has 1 heterocycles. The maximum absolute atomic E-state index is 11.9.